The van der Waals surface area contributed by atoms with E-state index in [1.807, 2.05) is 24.3 Å². The van der Waals surface area contributed by atoms with Gasteiger partial charge in [-0.25, -0.2) is 13.1 Å². The number of H-pyrrole nitrogens is 1. The molecule has 0 unspecified atom stereocenters. The van der Waals surface area contributed by atoms with Crippen molar-refractivity contribution in [2.75, 3.05) is 5.32 Å². The van der Waals surface area contributed by atoms with Gasteiger partial charge >= 0.3 is 0 Å². The summed E-state index contributed by atoms with van der Waals surface area (Å²) in [4.78, 5) is 12.6. The lowest BCUT2D eigenvalue weighted by atomic mass is 10.1. The van der Waals surface area contributed by atoms with Crippen LogP contribution in [0.4, 0.5) is 5.69 Å². The van der Waals surface area contributed by atoms with Gasteiger partial charge in [-0.1, -0.05) is 18.2 Å². The second kappa shape index (κ2) is 7.73. The van der Waals surface area contributed by atoms with Crippen molar-refractivity contribution in [3.63, 3.8) is 0 Å². The van der Waals surface area contributed by atoms with E-state index in [1.165, 1.54) is 12.1 Å². The number of carbonyl (C=O) groups is 1. The average Bonchev–Trinajstić information content (AvgIpc) is 3.16. The average molecular weight is 384 g/mol. The normalized spacial score (nSPS) is 11.5. The van der Waals surface area contributed by atoms with Gasteiger partial charge in [0.25, 0.3) is 5.91 Å². The summed E-state index contributed by atoms with van der Waals surface area (Å²) in [7, 11) is -3.67. The summed E-state index contributed by atoms with van der Waals surface area (Å²) in [6.45, 7) is 3.47. The van der Waals surface area contributed by atoms with Crippen molar-refractivity contribution in [3.8, 4) is 11.3 Å². The molecule has 0 aliphatic carbocycles. The maximum absolute atomic E-state index is 12.6. The summed E-state index contributed by atoms with van der Waals surface area (Å²) in [6, 6.07) is 14.8. The van der Waals surface area contributed by atoms with E-state index in [1.54, 1.807) is 38.2 Å². The largest absolute Gasteiger partial charge is 0.322 e. The Labute approximate surface area is 157 Å². The number of amides is 1. The first-order valence-corrected chi connectivity index (χ1v) is 9.87. The lowest BCUT2D eigenvalue weighted by molar-refractivity contribution is 0.102. The molecule has 2 aromatic carbocycles. The van der Waals surface area contributed by atoms with Gasteiger partial charge in [0, 0.05) is 29.1 Å². The van der Waals surface area contributed by atoms with Crippen LogP contribution in [-0.2, 0) is 10.0 Å². The predicted molar refractivity (Wildman–Crippen MR) is 104 cm³/mol. The van der Waals surface area contributed by atoms with Crippen LogP contribution >= 0.6 is 0 Å². The first-order valence-electron chi connectivity index (χ1n) is 8.39. The van der Waals surface area contributed by atoms with Crippen LogP contribution < -0.4 is 10.0 Å². The zero-order valence-electron chi connectivity index (χ0n) is 14.9. The minimum atomic E-state index is -3.67. The maximum Gasteiger partial charge on any atom is 0.255 e. The molecule has 0 saturated heterocycles. The number of sulfonamides is 1. The number of anilines is 1. The Morgan fingerprint density at radius 1 is 1.07 bits per heavy atom. The molecule has 0 fully saturated rings. The van der Waals surface area contributed by atoms with Crippen molar-refractivity contribution in [1.29, 1.82) is 0 Å². The third kappa shape index (κ3) is 4.60. The Morgan fingerprint density at radius 3 is 2.56 bits per heavy atom. The van der Waals surface area contributed by atoms with Crippen LogP contribution in [-0.4, -0.2) is 30.6 Å². The quantitative estimate of drug-likeness (QED) is 0.608. The van der Waals surface area contributed by atoms with Crippen molar-refractivity contribution >= 4 is 21.6 Å². The van der Waals surface area contributed by atoms with Crippen molar-refractivity contribution < 1.29 is 13.2 Å². The zero-order chi connectivity index (χ0) is 19.4. The molecule has 0 bridgehead atoms. The number of carbonyl (C=O) groups excluding carboxylic acids is 1. The first-order chi connectivity index (χ1) is 12.8. The SMILES string of the molecule is CC(C)NS(=O)(=O)c1cccc(C(=O)Nc2cccc(-c3ccn[nH]3)c2)c1. The number of rotatable bonds is 6. The highest BCUT2D eigenvalue weighted by molar-refractivity contribution is 7.89. The molecule has 0 aliphatic rings. The van der Waals surface area contributed by atoms with Crippen LogP contribution in [0.2, 0.25) is 0 Å². The highest BCUT2D eigenvalue weighted by atomic mass is 32.2. The van der Waals surface area contributed by atoms with Crippen LogP contribution in [0.5, 0.6) is 0 Å². The molecule has 3 rings (SSSR count). The van der Waals surface area contributed by atoms with Gasteiger partial charge in [0.2, 0.25) is 10.0 Å². The molecule has 0 radical (unpaired) electrons. The highest BCUT2D eigenvalue weighted by Gasteiger charge is 2.17. The zero-order valence-corrected chi connectivity index (χ0v) is 15.7. The molecule has 0 spiro atoms. The Kier molecular flexibility index (Phi) is 5.38. The van der Waals surface area contributed by atoms with Crippen molar-refractivity contribution in [1.82, 2.24) is 14.9 Å². The Hall–Kier alpha value is -2.97. The molecule has 1 aromatic heterocycles. The fourth-order valence-corrected chi connectivity index (χ4v) is 3.86. The van der Waals surface area contributed by atoms with Crippen molar-refractivity contribution in [3.05, 3.63) is 66.4 Å². The van der Waals surface area contributed by atoms with Crippen molar-refractivity contribution in [2.45, 2.75) is 24.8 Å². The molecule has 0 atom stereocenters. The van der Waals surface area contributed by atoms with E-state index >= 15 is 0 Å². The van der Waals surface area contributed by atoms with Gasteiger partial charge in [-0.2, -0.15) is 5.10 Å². The monoisotopic (exact) mass is 384 g/mol. The van der Waals surface area contributed by atoms with Gasteiger partial charge in [-0.05, 0) is 50.2 Å². The number of hydrogen-bond acceptors (Lipinski definition) is 4. The summed E-state index contributed by atoms with van der Waals surface area (Å²) >= 11 is 0. The second-order valence-corrected chi connectivity index (χ2v) is 8.02. The van der Waals surface area contributed by atoms with Gasteiger partial charge in [0.05, 0.1) is 10.6 Å². The van der Waals surface area contributed by atoms with Crippen LogP contribution in [0, 0.1) is 0 Å². The number of aromatic amines is 1. The smallest absolute Gasteiger partial charge is 0.255 e. The molecule has 3 N–H and O–H groups in total. The first kappa shape index (κ1) is 18.8. The molecule has 7 nitrogen and oxygen atoms in total. The number of nitrogens with zero attached hydrogens (tertiary/aromatic N) is 1. The van der Waals surface area contributed by atoms with Gasteiger partial charge in [0.1, 0.15) is 0 Å². The standard InChI is InChI=1S/C19H20N4O3S/c1-13(2)23-27(25,26)17-8-4-6-15(12-17)19(24)21-16-7-3-5-14(11-16)18-9-10-20-22-18/h3-13,23H,1-2H3,(H,20,22)(H,21,24). The minimum absolute atomic E-state index is 0.0510. The van der Waals surface area contributed by atoms with E-state index in [0.29, 0.717) is 5.69 Å². The number of aromatic nitrogens is 2. The van der Waals surface area contributed by atoms with Crippen LogP contribution in [0.1, 0.15) is 24.2 Å². The topological polar surface area (TPSA) is 104 Å². The third-order valence-electron chi connectivity index (χ3n) is 3.73. The van der Waals surface area contributed by atoms with Gasteiger partial charge in [-0.3, -0.25) is 9.89 Å². The Bertz CT molecular complexity index is 1040. The van der Waals surface area contributed by atoms with E-state index in [-0.39, 0.29) is 16.5 Å². The lowest BCUT2D eigenvalue weighted by Gasteiger charge is -2.11. The van der Waals surface area contributed by atoms with E-state index in [2.05, 4.69) is 20.2 Å². The van der Waals surface area contributed by atoms with Crippen molar-refractivity contribution in [2.24, 2.45) is 0 Å². The molecule has 1 amide bonds. The molecule has 27 heavy (non-hydrogen) atoms. The molecule has 0 saturated carbocycles. The van der Waals surface area contributed by atoms with Crippen LogP contribution in [0.3, 0.4) is 0 Å². The Morgan fingerprint density at radius 2 is 1.85 bits per heavy atom. The molecule has 0 aliphatic heterocycles. The predicted octanol–water partition coefficient (Wildman–Crippen LogP) is 3.02. The summed E-state index contributed by atoms with van der Waals surface area (Å²) < 4.78 is 27.1. The van der Waals surface area contributed by atoms with E-state index < -0.39 is 15.9 Å². The van der Waals surface area contributed by atoms with Crippen LogP contribution in [0.15, 0.2) is 65.7 Å². The molecular weight excluding hydrogens is 364 g/mol. The van der Waals surface area contributed by atoms with E-state index in [0.717, 1.165) is 11.3 Å². The summed E-state index contributed by atoms with van der Waals surface area (Å²) in [6.07, 6.45) is 1.65. The number of benzene rings is 2. The molecule has 140 valence electrons. The fourth-order valence-electron chi connectivity index (χ4n) is 2.57. The molecular formula is C19H20N4O3S. The maximum atomic E-state index is 12.6. The fraction of sp³-hybridized carbons (Fsp3) is 0.158. The second-order valence-electron chi connectivity index (χ2n) is 6.31. The summed E-state index contributed by atoms with van der Waals surface area (Å²) in [5.41, 5.74) is 2.57. The molecule has 8 heteroatoms. The minimum Gasteiger partial charge on any atom is -0.322 e. The van der Waals surface area contributed by atoms with Crippen LogP contribution in [0.25, 0.3) is 11.3 Å². The summed E-state index contributed by atoms with van der Waals surface area (Å²) in [5.74, 6) is -0.390. The van der Waals surface area contributed by atoms with Gasteiger partial charge < -0.3 is 5.32 Å². The molecule has 1 heterocycles. The lowest BCUT2D eigenvalue weighted by Crippen LogP contribution is -2.30. The molecule has 3 aromatic rings. The summed E-state index contributed by atoms with van der Waals surface area (Å²) in [5, 5.41) is 9.58. The van der Waals surface area contributed by atoms with Gasteiger partial charge in [0.15, 0.2) is 0 Å². The number of hydrogen-bond donors (Lipinski definition) is 3. The third-order valence-corrected chi connectivity index (χ3v) is 5.39. The van der Waals surface area contributed by atoms with Gasteiger partial charge in [-0.15, -0.1) is 0 Å². The van der Waals surface area contributed by atoms with E-state index in [9.17, 15) is 13.2 Å². The number of nitrogens with one attached hydrogen (secondary N) is 3. The highest BCUT2D eigenvalue weighted by Crippen LogP contribution is 2.21. The Balaban J connectivity index is 1.81. The van der Waals surface area contributed by atoms with E-state index in [4.69, 9.17) is 0 Å².